The zero-order valence-corrected chi connectivity index (χ0v) is 52.2. The Morgan fingerprint density at radius 2 is 0.964 bits per heavy atom. The summed E-state index contributed by atoms with van der Waals surface area (Å²) in [5.74, 6) is 3.22. The summed E-state index contributed by atoms with van der Waals surface area (Å²) in [6.45, 7) is 16.5. The van der Waals surface area contributed by atoms with Gasteiger partial charge in [-0.05, 0) is 175 Å². The predicted molar refractivity (Wildman–Crippen MR) is 327 cm³/mol. The highest BCUT2D eigenvalue weighted by Crippen LogP contribution is 2.40. The molecule has 0 radical (unpaired) electrons. The van der Waals surface area contributed by atoms with Crippen molar-refractivity contribution in [1.29, 1.82) is 0 Å². The largest absolute Gasteiger partial charge is 0.329 e. The number of hydrogen-bond acceptors (Lipinski definition) is 12. The van der Waals surface area contributed by atoms with E-state index in [9.17, 15) is 45.6 Å². The van der Waals surface area contributed by atoms with Crippen molar-refractivity contribution >= 4 is 101 Å². The van der Waals surface area contributed by atoms with Gasteiger partial charge in [0.15, 0.2) is 0 Å². The zero-order valence-electron chi connectivity index (χ0n) is 49.0. The number of nitrogens with one attached hydrogen (secondary N) is 4. The molecule has 452 valence electrons. The van der Waals surface area contributed by atoms with Gasteiger partial charge in [0.25, 0.3) is 23.6 Å². The van der Waals surface area contributed by atoms with Crippen LogP contribution in [0.4, 0.5) is 21.0 Å². The number of urea groups is 2. The first kappa shape index (κ1) is 63.4. The first-order chi connectivity index (χ1) is 39.4. The lowest BCUT2D eigenvalue weighted by Gasteiger charge is -2.34. The van der Waals surface area contributed by atoms with Crippen LogP contribution in [0.2, 0.25) is 0 Å². The number of halogens is 1. The first-order valence-electron chi connectivity index (χ1n) is 29.7. The molecule has 6 aliphatic heterocycles. The van der Waals surface area contributed by atoms with E-state index >= 15 is 0 Å². The molecule has 0 bridgehead atoms. The molecule has 20 nitrogen and oxygen atoms in total. The van der Waals surface area contributed by atoms with Crippen LogP contribution in [0.3, 0.4) is 0 Å². The number of anilines is 2. The van der Waals surface area contributed by atoms with Gasteiger partial charge in [-0.15, -0.1) is 0 Å². The molecular weight excluding hydrogens is 1160 g/mol. The number of piperidine rings is 2. The van der Waals surface area contributed by atoms with Gasteiger partial charge < -0.3 is 21.3 Å². The normalized spacial score (nSPS) is 24.7. The zero-order chi connectivity index (χ0) is 60.0. The molecule has 83 heavy (non-hydrogen) atoms. The van der Waals surface area contributed by atoms with Crippen LogP contribution in [0, 0.1) is 51.4 Å². The van der Waals surface area contributed by atoms with Crippen molar-refractivity contribution in [3.05, 3.63) is 74.0 Å². The summed E-state index contributed by atoms with van der Waals surface area (Å²) in [5.41, 5.74) is 3.67. The number of amidine groups is 2. The maximum absolute atomic E-state index is 13.2. The number of rotatable bonds is 15. The van der Waals surface area contributed by atoms with Crippen molar-refractivity contribution in [1.82, 2.24) is 29.9 Å². The van der Waals surface area contributed by atoms with Gasteiger partial charge in [0, 0.05) is 53.3 Å². The monoisotopic (exact) mass is 1250 g/mol. The minimum Gasteiger partial charge on any atom is -0.328 e. The van der Waals surface area contributed by atoms with Gasteiger partial charge >= 0.3 is 12.1 Å². The smallest absolute Gasteiger partial charge is 0.328 e. The van der Waals surface area contributed by atoms with Crippen LogP contribution in [0.5, 0.6) is 0 Å². The molecule has 2 aliphatic carbocycles. The summed E-state index contributed by atoms with van der Waals surface area (Å²) in [7, 11) is -7.14. The van der Waals surface area contributed by atoms with Gasteiger partial charge in [-0.25, -0.2) is 36.2 Å². The number of unbranched alkanes of at least 4 members (excludes halogenated alkanes) is 2. The van der Waals surface area contributed by atoms with Crippen molar-refractivity contribution < 1.29 is 45.6 Å². The van der Waals surface area contributed by atoms with Gasteiger partial charge in [-0.3, -0.25) is 29.2 Å². The van der Waals surface area contributed by atoms with Crippen LogP contribution in [0.25, 0.3) is 6.08 Å². The molecule has 0 aromatic heterocycles. The van der Waals surface area contributed by atoms with Crippen LogP contribution in [-0.2, 0) is 39.2 Å². The average molecular weight is 1250 g/mol. The van der Waals surface area contributed by atoms with E-state index in [0.29, 0.717) is 61.6 Å². The molecule has 4 N–H and O–H groups in total. The molecule has 0 unspecified atom stereocenters. The Labute approximate surface area is 498 Å². The molecule has 6 heterocycles. The fourth-order valence-electron chi connectivity index (χ4n) is 12.9. The number of nitrogens with zero attached hydrogens (tertiary/aromatic N) is 6. The fourth-order valence-corrected chi connectivity index (χ4v) is 15.2. The number of carbonyl (C=O) groups is 6. The molecule has 10 rings (SSSR count). The lowest BCUT2D eigenvalue weighted by Crippen LogP contribution is -2.50. The summed E-state index contributed by atoms with van der Waals surface area (Å²) >= 11 is 3.45. The molecule has 0 atom stereocenters. The molecule has 2 spiro atoms. The van der Waals surface area contributed by atoms with Gasteiger partial charge in [-0.1, -0.05) is 74.9 Å². The van der Waals surface area contributed by atoms with E-state index in [1.807, 2.05) is 39.8 Å². The second-order valence-electron chi connectivity index (χ2n) is 23.7. The van der Waals surface area contributed by atoms with Gasteiger partial charge in [0.05, 0.1) is 24.5 Å². The third kappa shape index (κ3) is 14.4. The van der Waals surface area contributed by atoms with Crippen LogP contribution in [0.15, 0.2) is 56.1 Å². The van der Waals surface area contributed by atoms with E-state index in [0.717, 1.165) is 86.2 Å². The van der Waals surface area contributed by atoms with Crippen molar-refractivity contribution in [2.75, 3.05) is 49.1 Å². The second-order valence-corrected chi connectivity index (χ2v) is 28.2. The van der Waals surface area contributed by atoms with Crippen LogP contribution >= 0.6 is 15.9 Å². The van der Waals surface area contributed by atoms with Crippen molar-refractivity contribution in [3.8, 4) is 0 Å². The molecule has 8 aliphatic rings. The predicted octanol–water partition coefficient (Wildman–Crippen LogP) is 8.96. The summed E-state index contributed by atoms with van der Waals surface area (Å²) in [4.78, 5) is 84.8. The van der Waals surface area contributed by atoms with Crippen LogP contribution in [-0.4, -0.2) is 123 Å². The summed E-state index contributed by atoms with van der Waals surface area (Å²) in [6.07, 6.45) is 19.9. The lowest BCUT2D eigenvalue weighted by molar-refractivity contribution is -0.125. The Morgan fingerprint density at radius 1 is 0.590 bits per heavy atom. The fraction of sp³-hybridized carbons (Fsp3) is 0.600. The number of amides is 8. The molecule has 2 aromatic rings. The topological polar surface area (TPSA) is 256 Å². The summed E-state index contributed by atoms with van der Waals surface area (Å²) < 4.78 is 54.2. The molecular formula is C60H83BrN10O10S2. The molecule has 8 amide bonds. The minimum atomic E-state index is -3.73. The van der Waals surface area contributed by atoms with Crippen molar-refractivity contribution in [2.24, 2.45) is 33.7 Å². The maximum Gasteiger partial charge on any atom is 0.329 e. The molecule has 2 saturated carbocycles. The number of benzene rings is 2. The standard InChI is InChI=1S/C30H41N5O5S.C19H31N3O3S.C11H11BrN2O2/c1-4-5-6-22-7-9-23(10-8-22)27-32-28(37)30(33-27)12-14-34(15-13-30)41(39,40)16-11-25-20(2)17-24(18-21(25)3)35-26(36)19-31-29(35)38;1-3-5-6-15-7-9-16(10-8-15)17-20-18(23)19(21-17)11-13-22(14-12-19)26(24,25)4-2;1-6-3-8(4-7(2)10(6)12)14-9(15)5-13-11(14)16/h11,16-18,22-23H,4-10,12-15,19H2,1-3H3,(H,31,38)(H,32,33,37);4,15-16H,2-3,5-14H2,1H3,(H,20,21,23);3-4H,5H2,1-2H3,(H,13,16)/b16-11+;;. The number of aryl methyl sites for hydroxylation is 4. The van der Waals surface area contributed by atoms with Crippen LogP contribution < -0.4 is 31.1 Å². The summed E-state index contributed by atoms with van der Waals surface area (Å²) in [6, 6.07) is 6.23. The van der Waals surface area contributed by atoms with Gasteiger partial charge in [-0.2, -0.15) is 8.61 Å². The van der Waals surface area contributed by atoms with E-state index in [-0.39, 0.29) is 61.8 Å². The van der Waals surface area contributed by atoms with E-state index in [1.54, 1.807) is 18.2 Å². The Morgan fingerprint density at radius 3 is 1.31 bits per heavy atom. The van der Waals surface area contributed by atoms with Crippen molar-refractivity contribution in [3.63, 3.8) is 0 Å². The maximum atomic E-state index is 13.2. The Bertz CT molecular complexity index is 3090. The highest BCUT2D eigenvalue weighted by molar-refractivity contribution is 9.10. The van der Waals surface area contributed by atoms with Gasteiger partial charge in [0.1, 0.15) is 22.7 Å². The second kappa shape index (κ2) is 26.7. The Balaban J connectivity index is 0.000000182. The molecule has 2 aromatic carbocycles. The Hall–Kier alpha value is -5.62. The lowest BCUT2D eigenvalue weighted by atomic mass is 9.79. The summed E-state index contributed by atoms with van der Waals surface area (Å²) in [5, 5.41) is 13.3. The molecule has 4 saturated heterocycles. The number of imide groups is 2. The quantitative estimate of drug-likeness (QED) is 0.123. The third-order valence-electron chi connectivity index (χ3n) is 18.0. The number of aliphatic imine (C=N–C) groups is 2. The third-order valence-corrected chi connectivity index (χ3v) is 22.4. The Kier molecular flexibility index (Phi) is 20.4. The highest BCUT2D eigenvalue weighted by Gasteiger charge is 2.50. The van der Waals surface area contributed by atoms with E-state index in [2.05, 4.69) is 57.6 Å². The number of sulfonamides is 2. The van der Waals surface area contributed by atoms with Gasteiger partial charge in [0.2, 0.25) is 20.0 Å². The van der Waals surface area contributed by atoms with E-state index < -0.39 is 37.2 Å². The van der Waals surface area contributed by atoms with E-state index in [4.69, 9.17) is 9.98 Å². The minimum absolute atomic E-state index is 0.0393. The number of carbonyl (C=O) groups excluding carboxylic acids is 6. The molecule has 23 heteroatoms. The van der Waals surface area contributed by atoms with E-state index in [1.165, 1.54) is 83.1 Å². The molecule has 6 fully saturated rings. The van der Waals surface area contributed by atoms with Crippen molar-refractivity contribution in [2.45, 2.75) is 168 Å². The highest BCUT2D eigenvalue weighted by atomic mass is 79.9. The average Bonchev–Trinajstić information content (AvgIpc) is 3.29. The first-order valence-corrected chi connectivity index (χ1v) is 33.5. The SMILES string of the molecule is C=CS(=O)(=O)N1CCC2(CC1)N=C(C1CCC(CCCC)CC1)NC2=O.CCCCC1CCC(C2=NC3(CCN(S(=O)(=O)/C=C/c4c(C)cc(N5C(=O)CNC5=O)cc4C)CC3)C(=O)N2)CC1.Cc1cc(N2C(=O)CNC2=O)cc(C)c1Br. The van der Waals surface area contributed by atoms with Crippen LogP contribution in [0.1, 0.15) is 157 Å². The number of hydrogen-bond donors (Lipinski definition) is 4.